The summed E-state index contributed by atoms with van der Waals surface area (Å²) < 4.78 is 10.2. The number of benzene rings is 1. The van der Waals surface area contributed by atoms with E-state index in [1.807, 2.05) is 30.3 Å². The third kappa shape index (κ3) is 7.15. The Morgan fingerprint density at radius 3 is 2.57 bits per heavy atom. The van der Waals surface area contributed by atoms with Crippen molar-refractivity contribution < 1.29 is 24.2 Å². The molecule has 1 aromatic carbocycles. The van der Waals surface area contributed by atoms with Gasteiger partial charge in [0.05, 0.1) is 26.2 Å². The molecule has 128 valence electrons. The fourth-order valence-electron chi connectivity index (χ4n) is 2.13. The molecular formula is C17H25NO5. The summed E-state index contributed by atoms with van der Waals surface area (Å²) in [4.78, 5) is 25.1. The maximum Gasteiger partial charge on any atom is 0.310 e. The second kappa shape index (κ2) is 10.6. The van der Waals surface area contributed by atoms with Crippen LogP contribution in [0.3, 0.4) is 0 Å². The number of methoxy groups -OCH3 is 1. The standard InChI is InChI=1S/C17H25NO5/c1-14(17(21)22-2)13-18(10-11-19)16(20)9-6-12-23-15-7-4-3-5-8-15/h3-5,7-8,14,19H,6,9-13H2,1-2H3. The quantitative estimate of drug-likeness (QED) is 0.521. The minimum Gasteiger partial charge on any atom is -0.494 e. The normalized spacial score (nSPS) is 11.6. The zero-order valence-corrected chi connectivity index (χ0v) is 13.7. The lowest BCUT2D eigenvalue weighted by Gasteiger charge is -2.24. The van der Waals surface area contributed by atoms with Gasteiger partial charge >= 0.3 is 5.97 Å². The second-order valence-electron chi connectivity index (χ2n) is 5.25. The molecule has 0 heterocycles. The van der Waals surface area contributed by atoms with Crippen molar-refractivity contribution in [2.75, 3.05) is 33.4 Å². The van der Waals surface area contributed by atoms with Crippen LogP contribution in [0.1, 0.15) is 19.8 Å². The summed E-state index contributed by atoms with van der Waals surface area (Å²) in [6.07, 6.45) is 0.878. The van der Waals surface area contributed by atoms with Gasteiger partial charge in [-0.3, -0.25) is 9.59 Å². The molecule has 0 bridgehead atoms. The predicted molar refractivity (Wildman–Crippen MR) is 86.0 cm³/mol. The Hall–Kier alpha value is -2.08. The third-order valence-electron chi connectivity index (χ3n) is 3.37. The third-order valence-corrected chi connectivity index (χ3v) is 3.37. The molecule has 1 atom stereocenters. The summed E-state index contributed by atoms with van der Waals surface area (Å²) >= 11 is 0. The van der Waals surface area contributed by atoms with Gasteiger partial charge in [0.1, 0.15) is 5.75 Å². The van der Waals surface area contributed by atoms with Crippen LogP contribution in [0.15, 0.2) is 30.3 Å². The highest BCUT2D eigenvalue weighted by Gasteiger charge is 2.20. The molecule has 0 radical (unpaired) electrons. The molecule has 0 aromatic heterocycles. The number of hydrogen-bond donors (Lipinski definition) is 1. The van der Waals surface area contributed by atoms with Gasteiger partial charge in [-0.2, -0.15) is 0 Å². The van der Waals surface area contributed by atoms with E-state index in [-0.39, 0.29) is 31.6 Å². The first-order valence-corrected chi connectivity index (χ1v) is 7.72. The van der Waals surface area contributed by atoms with Crippen molar-refractivity contribution in [1.82, 2.24) is 4.90 Å². The van der Waals surface area contributed by atoms with Gasteiger partial charge in [-0.05, 0) is 18.6 Å². The van der Waals surface area contributed by atoms with Crippen LogP contribution < -0.4 is 4.74 Å². The smallest absolute Gasteiger partial charge is 0.310 e. The average Bonchev–Trinajstić information content (AvgIpc) is 2.58. The van der Waals surface area contributed by atoms with Gasteiger partial charge in [0.2, 0.25) is 5.91 Å². The Bertz CT molecular complexity index is 477. The van der Waals surface area contributed by atoms with E-state index in [2.05, 4.69) is 4.74 Å². The second-order valence-corrected chi connectivity index (χ2v) is 5.25. The highest BCUT2D eigenvalue weighted by molar-refractivity contribution is 5.78. The molecule has 0 spiro atoms. The lowest BCUT2D eigenvalue weighted by molar-refractivity contribution is -0.146. The van der Waals surface area contributed by atoms with Gasteiger partial charge in [-0.1, -0.05) is 25.1 Å². The van der Waals surface area contributed by atoms with E-state index in [1.165, 1.54) is 12.0 Å². The van der Waals surface area contributed by atoms with Crippen LogP contribution in [0.25, 0.3) is 0 Å². The zero-order valence-electron chi connectivity index (χ0n) is 13.7. The van der Waals surface area contributed by atoms with Crippen LogP contribution in [-0.2, 0) is 14.3 Å². The maximum atomic E-state index is 12.2. The van der Waals surface area contributed by atoms with E-state index in [9.17, 15) is 9.59 Å². The monoisotopic (exact) mass is 323 g/mol. The first-order chi connectivity index (χ1) is 11.1. The first-order valence-electron chi connectivity index (χ1n) is 7.72. The molecule has 0 aliphatic carbocycles. The van der Waals surface area contributed by atoms with Crippen LogP contribution in [0.4, 0.5) is 0 Å². The van der Waals surface area contributed by atoms with Crippen LogP contribution in [0.5, 0.6) is 5.75 Å². The first kappa shape index (κ1) is 19.0. The van der Waals surface area contributed by atoms with E-state index in [0.717, 1.165) is 5.75 Å². The Morgan fingerprint density at radius 2 is 1.96 bits per heavy atom. The molecule has 23 heavy (non-hydrogen) atoms. The summed E-state index contributed by atoms with van der Waals surface area (Å²) in [6.45, 7) is 2.45. The van der Waals surface area contributed by atoms with E-state index in [4.69, 9.17) is 9.84 Å². The average molecular weight is 323 g/mol. The molecule has 6 heteroatoms. The Kier molecular flexibility index (Phi) is 8.75. The van der Waals surface area contributed by atoms with Crippen LogP contribution in [-0.4, -0.2) is 55.3 Å². The molecular weight excluding hydrogens is 298 g/mol. The Labute approximate surface area is 137 Å². The Balaban J connectivity index is 2.37. The SMILES string of the molecule is COC(=O)C(C)CN(CCO)C(=O)CCCOc1ccccc1. The number of nitrogens with zero attached hydrogens (tertiary/aromatic N) is 1. The number of amides is 1. The van der Waals surface area contributed by atoms with Crippen LogP contribution >= 0.6 is 0 Å². The molecule has 0 aliphatic heterocycles. The van der Waals surface area contributed by atoms with Crippen molar-refractivity contribution >= 4 is 11.9 Å². The van der Waals surface area contributed by atoms with E-state index in [1.54, 1.807) is 6.92 Å². The zero-order chi connectivity index (χ0) is 17.1. The highest BCUT2D eigenvalue weighted by atomic mass is 16.5. The molecule has 1 unspecified atom stereocenters. The largest absolute Gasteiger partial charge is 0.494 e. The van der Waals surface area contributed by atoms with Crippen molar-refractivity contribution in [1.29, 1.82) is 0 Å². The minimum absolute atomic E-state index is 0.105. The summed E-state index contributed by atoms with van der Waals surface area (Å²) in [5, 5.41) is 9.08. The number of esters is 1. The molecule has 0 saturated carbocycles. The van der Waals surface area contributed by atoms with Crippen molar-refractivity contribution in [3.8, 4) is 5.75 Å². The number of rotatable bonds is 10. The number of aliphatic hydroxyl groups is 1. The fraction of sp³-hybridized carbons (Fsp3) is 0.529. The topological polar surface area (TPSA) is 76.1 Å². The van der Waals surface area contributed by atoms with Gasteiger partial charge in [-0.25, -0.2) is 0 Å². The number of carbonyl (C=O) groups is 2. The number of carbonyl (C=O) groups excluding carboxylic acids is 2. The van der Waals surface area contributed by atoms with E-state index < -0.39 is 5.92 Å². The summed E-state index contributed by atoms with van der Waals surface area (Å²) in [5.74, 6) is -0.123. The summed E-state index contributed by atoms with van der Waals surface area (Å²) in [7, 11) is 1.32. The van der Waals surface area contributed by atoms with Crippen molar-refractivity contribution in [2.24, 2.45) is 5.92 Å². The van der Waals surface area contributed by atoms with Gasteiger partial charge in [0.15, 0.2) is 0 Å². The van der Waals surface area contributed by atoms with E-state index in [0.29, 0.717) is 19.4 Å². The van der Waals surface area contributed by atoms with E-state index >= 15 is 0 Å². The fourth-order valence-corrected chi connectivity index (χ4v) is 2.13. The van der Waals surface area contributed by atoms with Crippen LogP contribution in [0, 0.1) is 5.92 Å². The molecule has 0 aliphatic rings. The summed E-state index contributed by atoms with van der Waals surface area (Å²) in [5.41, 5.74) is 0. The van der Waals surface area contributed by atoms with Crippen molar-refractivity contribution in [3.05, 3.63) is 30.3 Å². The highest BCUT2D eigenvalue weighted by Crippen LogP contribution is 2.10. The molecule has 6 nitrogen and oxygen atoms in total. The molecule has 0 fully saturated rings. The molecule has 1 rings (SSSR count). The number of ether oxygens (including phenoxy) is 2. The van der Waals surface area contributed by atoms with Gasteiger partial charge in [-0.15, -0.1) is 0 Å². The van der Waals surface area contributed by atoms with Gasteiger partial charge in [0.25, 0.3) is 0 Å². The number of para-hydroxylation sites is 1. The summed E-state index contributed by atoms with van der Waals surface area (Å²) in [6, 6.07) is 9.40. The Morgan fingerprint density at radius 1 is 1.26 bits per heavy atom. The van der Waals surface area contributed by atoms with Crippen molar-refractivity contribution in [2.45, 2.75) is 19.8 Å². The minimum atomic E-state index is -0.420. The lowest BCUT2D eigenvalue weighted by atomic mass is 10.1. The van der Waals surface area contributed by atoms with Crippen molar-refractivity contribution in [3.63, 3.8) is 0 Å². The predicted octanol–water partition coefficient (Wildman–Crippen LogP) is 1.48. The number of aliphatic hydroxyl groups excluding tert-OH is 1. The van der Waals surface area contributed by atoms with Gasteiger partial charge < -0.3 is 19.5 Å². The van der Waals surface area contributed by atoms with Gasteiger partial charge in [0, 0.05) is 19.5 Å². The molecule has 0 saturated heterocycles. The van der Waals surface area contributed by atoms with Crippen LogP contribution in [0.2, 0.25) is 0 Å². The molecule has 1 amide bonds. The molecule has 1 aromatic rings. The number of hydrogen-bond acceptors (Lipinski definition) is 5. The lowest BCUT2D eigenvalue weighted by Crippen LogP contribution is -2.39. The molecule has 1 N–H and O–H groups in total. The maximum absolute atomic E-state index is 12.2.